The number of nitriles is 1. The third kappa shape index (κ3) is 2.57. The molecule has 24 heavy (non-hydrogen) atoms. The molecular formula is C20H16N4. The van der Waals surface area contributed by atoms with Crippen LogP contribution in [0.4, 0.5) is 0 Å². The van der Waals surface area contributed by atoms with Crippen molar-refractivity contribution in [2.24, 2.45) is 0 Å². The summed E-state index contributed by atoms with van der Waals surface area (Å²) in [6.07, 6.45) is 6.54. The quantitative estimate of drug-likeness (QED) is 0.617. The highest BCUT2D eigenvalue weighted by Gasteiger charge is 2.17. The van der Waals surface area contributed by atoms with Crippen molar-refractivity contribution >= 4 is 10.9 Å². The maximum Gasteiger partial charge on any atom is 0.0991 e. The molecule has 0 aliphatic heterocycles. The van der Waals surface area contributed by atoms with Crippen molar-refractivity contribution in [1.82, 2.24) is 14.5 Å². The summed E-state index contributed by atoms with van der Waals surface area (Å²) in [6.45, 7) is 0. The van der Waals surface area contributed by atoms with E-state index in [1.165, 1.54) is 16.5 Å². The van der Waals surface area contributed by atoms with Crippen LogP contribution >= 0.6 is 0 Å². The molecule has 1 atom stereocenters. The summed E-state index contributed by atoms with van der Waals surface area (Å²) in [5.41, 5.74) is 4.14. The van der Waals surface area contributed by atoms with Crippen LogP contribution in [0.15, 0.2) is 73.3 Å². The molecule has 0 aliphatic carbocycles. The summed E-state index contributed by atoms with van der Waals surface area (Å²) in [7, 11) is 0. The lowest BCUT2D eigenvalue weighted by Gasteiger charge is -2.19. The highest BCUT2D eigenvalue weighted by atomic mass is 15.0. The topological polar surface area (TPSA) is 57.4 Å². The zero-order valence-corrected chi connectivity index (χ0v) is 13.1. The van der Waals surface area contributed by atoms with Gasteiger partial charge in [0.2, 0.25) is 0 Å². The molecule has 0 aliphatic rings. The van der Waals surface area contributed by atoms with Crippen LogP contribution in [-0.2, 0) is 6.42 Å². The van der Waals surface area contributed by atoms with Crippen molar-refractivity contribution in [1.29, 1.82) is 5.26 Å². The van der Waals surface area contributed by atoms with Crippen molar-refractivity contribution < 1.29 is 0 Å². The molecule has 0 bridgehead atoms. The normalized spacial score (nSPS) is 12.1. The van der Waals surface area contributed by atoms with Crippen LogP contribution < -0.4 is 0 Å². The van der Waals surface area contributed by atoms with E-state index in [-0.39, 0.29) is 6.04 Å². The molecular weight excluding hydrogens is 296 g/mol. The first-order chi connectivity index (χ1) is 11.8. The molecule has 0 amide bonds. The van der Waals surface area contributed by atoms with E-state index in [9.17, 15) is 0 Å². The Morgan fingerprint density at radius 2 is 1.92 bits per heavy atom. The monoisotopic (exact) mass is 312 g/mol. The van der Waals surface area contributed by atoms with Crippen molar-refractivity contribution in [3.63, 3.8) is 0 Å². The Balaban J connectivity index is 1.76. The SMILES string of the molecule is N#Cc1ccc(CC(c2cnc[nH]2)n2ccc3ccccc32)cc1. The summed E-state index contributed by atoms with van der Waals surface area (Å²) in [5, 5.41) is 10.2. The van der Waals surface area contributed by atoms with E-state index < -0.39 is 0 Å². The number of benzene rings is 2. The molecule has 1 N–H and O–H groups in total. The van der Waals surface area contributed by atoms with Crippen molar-refractivity contribution in [2.45, 2.75) is 12.5 Å². The fraction of sp³-hybridized carbons (Fsp3) is 0.100. The number of imidazole rings is 1. The number of hydrogen-bond donors (Lipinski definition) is 1. The van der Waals surface area contributed by atoms with Gasteiger partial charge in [0.1, 0.15) is 0 Å². The van der Waals surface area contributed by atoms with Gasteiger partial charge in [0.05, 0.1) is 35.9 Å². The number of rotatable bonds is 4. The number of para-hydroxylation sites is 1. The van der Waals surface area contributed by atoms with Gasteiger partial charge in [-0.1, -0.05) is 30.3 Å². The Bertz CT molecular complexity index is 988. The second-order valence-corrected chi connectivity index (χ2v) is 5.82. The first-order valence-corrected chi connectivity index (χ1v) is 7.88. The number of aromatic amines is 1. The van der Waals surface area contributed by atoms with Gasteiger partial charge in [-0.3, -0.25) is 0 Å². The zero-order chi connectivity index (χ0) is 16.4. The summed E-state index contributed by atoms with van der Waals surface area (Å²) in [5.74, 6) is 0. The van der Waals surface area contributed by atoms with E-state index in [4.69, 9.17) is 5.26 Å². The predicted octanol–water partition coefficient (Wildman–Crippen LogP) is 4.07. The van der Waals surface area contributed by atoms with Crippen LogP contribution in [0.25, 0.3) is 10.9 Å². The molecule has 2 heterocycles. The minimum absolute atomic E-state index is 0.125. The van der Waals surface area contributed by atoms with Gasteiger partial charge in [-0.25, -0.2) is 4.98 Å². The lowest BCUT2D eigenvalue weighted by atomic mass is 10.0. The van der Waals surface area contributed by atoms with Crippen LogP contribution in [0.1, 0.15) is 22.9 Å². The van der Waals surface area contributed by atoms with Crippen LogP contribution in [0.5, 0.6) is 0 Å². The first-order valence-electron chi connectivity index (χ1n) is 7.88. The Hall–Kier alpha value is -3.32. The predicted molar refractivity (Wildman–Crippen MR) is 93.5 cm³/mol. The number of aromatic nitrogens is 3. The van der Waals surface area contributed by atoms with Gasteiger partial charge in [-0.15, -0.1) is 0 Å². The lowest BCUT2D eigenvalue weighted by molar-refractivity contribution is 0.587. The highest BCUT2D eigenvalue weighted by Crippen LogP contribution is 2.27. The first kappa shape index (κ1) is 14.3. The molecule has 0 spiro atoms. The maximum atomic E-state index is 8.96. The van der Waals surface area contributed by atoms with E-state index in [0.717, 1.165) is 12.1 Å². The van der Waals surface area contributed by atoms with Crippen molar-refractivity contribution in [2.75, 3.05) is 0 Å². The van der Waals surface area contributed by atoms with Crippen LogP contribution in [0.2, 0.25) is 0 Å². The minimum Gasteiger partial charge on any atom is -0.347 e. The second kappa shape index (κ2) is 6.05. The van der Waals surface area contributed by atoms with E-state index in [1.807, 2.05) is 30.5 Å². The molecule has 4 nitrogen and oxygen atoms in total. The van der Waals surface area contributed by atoms with Crippen LogP contribution in [0, 0.1) is 11.3 Å². The van der Waals surface area contributed by atoms with Gasteiger partial charge < -0.3 is 9.55 Å². The molecule has 1 unspecified atom stereocenters. The summed E-state index contributed by atoms with van der Waals surface area (Å²) >= 11 is 0. The van der Waals surface area contributed by atoms with Crippen LogP contribution in [0.3, 0.4) is 0 Å². The minimum atomic E-state index is 0.125. The molecule has 0 fully saturated rings. The molecule has 4 heteroatoms. The van der Waals surface area contributed by atoms with Crippen LogP contribution in [-0.4, -0.2) is 14.5 Å². The highest BCUT2D eigenvalue weighted by molar-refractivity contribution is 5.80. The van der Waals surface area contributed by atoms with Gasteiger partial charge in [-0.2, -0.15) is 5.26 Å². The van der Waals surface area contributed by atoms with E-state index in [0.29, 0.717) is 5.56 Å². The fourth-order valence-electron chi connectivity index (χ4n) is 3.12. The Morgan fingerprint density at radius 1 is 1.08 bits per heavy atom. The Kier molecular flexibility index (Phi) is 3.60. The van der Waals surface area contributed by atoms with E-state index in [1.54, 1.807) is 6.33 Å². The molecule has 0 saturated carbocycles. The summed E-state index contributed by atoms with van der Waals surface area (Å²) in [6, 6.07) is 20.6. The maximum absolute atomic E-state index is 8.96. The Morgan fingerprint density at radius 3 is 2.67 bits per heavy atom. The lowest BCUT2D eigenvalue weighted by Crippen LogP contribution is -2.13. The number of fused-ring (bicyclic) bond motifs is 1. The van der Waals surface area contributed by atoms with Gasteiger partial charge in [0.25, 0.3) is 0 Å². The van der Waals surface area contributed by atoms with E-state index in [2.05, 4.69) is 57.1 Å². The smallest absolute Gasteiger partial charge is 0.0991 e. The zero-order valence-electron chi connectivity index (χ0n) is 13.1. The summed E-state index contributed by atoms with van der Waals surface area (Å²) < 4.78 is 2.28. The molecule has 4 aromatic rings. The van der Waals surface area contributed by atoms with Gasteiger partial charge >= 0.3 is 0 Å². The molecule has 0 saturated heterocycles. The third-order valence-electron chi connectivity index (χ3n) is 4.36. The number of nitrogens with one attached hydrogen (secondary N) is 1. The van der Waals surface area contributed by atoms with Gasteiger partial charge in [0, 0.05) is 11.7 Å². The average molecular weight is 312 g/mol. The third-order valence-corrected chi connectivity index (χ3v) is 4.36. The fourth-order valence-corrected chi connectivity index (χ4v) is 3.12. The molecule has 0 radical (unpaired) electrons. The standard InChI is InChI=1S/C20H16N4/c21-12-16-7-5-15(6-8-16)11-20(18-13-22-14-23-18)24-10-9-17-3-1-2-4-19(17)24/h1-10,13-14,20H,11H2,(H,22,23). The number of hydrogen-bond acceptors (Lipinski definition) is 2. The average Bonchev–Trinajstić information content (AvgIpc) is 3.30. The molecule has 2 aromatic carbocycles. The molecule has 2 aromatic heterocycles. The van der Waals surface area contributed by atoms with Crippen molar-refractivity contribution in [3.05, 3.63) is 90.1 Å². The van der Waals surface area contributed by atoms with Gasteiger partial charge in [0.15, 0.2) is 0 Å². The van der Waals surface area contributed by atoms with E-state index >= 15 is 0 Å². The Labute approximate surface area is 140 Å². The van der Waals surface area contributed by atoms with Gasteiger partial charge in [-0.05, 0) is 41.6 Å². The summed E-state index contributed by atoms with van der Waals surface area (Å²) in [4.78, 5) is 7.44. The number of H-pyrrole nitrogens is 1. The number of nitrogens with zero attached hydrogens (tertiary/aromatic N) is 3. The molecule has 4 rings (SSSR count). The largest absolute Gasteiger partial charge is 0.347 e. The second-order valence-electron chi connectivity index (χ2n) is 5.82. The molecule has 116 valence electrons. The van der Waals surface area contributed by atoms with Crippen molar-refractivity contribution in [3.8, 4) is 6.07 Å².